The van der Waals surface area contributed by atoms with Crippen molar-refractivity contribution in [3.8, 4) is 0 Å². The molecule has 2 unspecified atom stereocenters. The van der Waals surface area contributed by atoms with Gasteiger partial charge in [0, 0.05) is 18.6 Å². The van der Waals surface area contributed by atoms with E-state index in [-0.39, 0.29) is 0 Å². The number of fused-ring (bicyclic) bond motifs is 1. The smallest absolute Gasteiger partial charge is 0.0125 e. The lowest BCUT2D eigenvalue weighted by Crippen LogP contribution is -2.41. The minimum atomic E-state index is 0.408. The van der Waals surface area contributed by atoms with E-state index >= 15 is 0 Å². The molecule has 0 aromatic rings. The highest BCUT2D eigenvalue weighted by atomic mass is 15.2. The molecule has 0 aromatic heterocycles. The molecule has 0 aromatic carbocycles. The van der Waals surface area contributed by atoms with Gasteiger partial charge in [-0.25, -0.2) is 0 Å². The highest BCUT2D eigenvalue weighted by Gasteiger charge is 2.55. The topological polar surface area (TPSA) is 3.24 Å². The van der Waals surface area contributed by atoms with Gasteiger partial charge in [0.1, 0.15) is 0 Å². The van der Waals surface area contributed by atoms with Crippen molar-refractivity contribution in [3.63, 3.8) is 0 Å². The predicted octanol–water partition coefficient (Wildman–Crippen LogP) is 2.37. The summed E-state index contributed by atoms with van der Waals surface area (Å²) >= 11 is 0. The molecule has 2 rings (SSSR count). The average molecular weight is 167 g/mol. The van der Waals surface area contributed by atoms with Crippen molar-refractivity contribution in [1.82, 2.24) is 4.90 Å². The van der Waals surface area contributed by atoms with Crippen molar-refractivity contribution in [1.29, 1.82) is 0 Å². The number of piperidine rings is 1. The Balaban J connectivity index is 1.90. The van der Waals surface area contributed by atoms with E-state index in [0.717, 1.165) is 17.8 Å². The lowest BCUT2D eigenvalue weighted by atomic mass is 10.1. The zero-order chi connectivity index (χ0) is 8.93. The third-order valence-electron chi connectivity index (χ3n) is 3.79. The fourth-order valence-corrected chi connectivity index (χ4v) is 2.80. The molecule has 1 heterocycles. The Hall–Kier alpha value is -0.0400. The van der Waals surface area contributed by atoms with Crippen molar-refractivity contribution in [2.24, 2.45) is 17.8 Å². The van der Waals surface area contributed by atoms with E-state index in [1.54, 1.807) is 0 Å². The number of nitrogens with zero attached hydrogens (tertiary/aromatic N) is 1. The largest absolute Gasteiger partial charge is 0.298 e. The van der Waals surface area contributed by atoms with E-state index in [2.05, 4.69) is 32.6 Å². The van der Waals surface area contributed by atoms with E-state index in [1.807, 2.05) is 0 Å². The second kappa shape index (κ2) is 2.47. The van der Waals surface area contributed by atoms with Gasteiger partial charge in [0.05, 0.1) is 0 Å². The summed E-state index contributed by atoms with van der Waals surface area (Å²) in [4.78, 5) is 2.65. The van der Waals surface area contributed by atoms with Crippen LogP contribution in [0, 0.1) is 17.8 Å². The van der Waals surface area contributed by atoms with Crippen LogP contribution in [0.2, 0.25) is 0 Å². The molecule has 70 valence electrons. The Kier molecular flexibility index (Phi) is 1.76. The van der Waals surface area contributed by atoms with E-state index in [1.165, 1.54) is 19.5 Å². The Bertz CT molecular complexity index is 168. The van der Waals surface area contributed by atoms with Crippen LogP contribution in [0.25, 0.3) is 0 Å². The fourth-order valence-electron chi connectivity index (χ4n) is 2.80. The molecule has 1 nitrogen and oxygen atoms in total. The Morgan fingerprint density at radius 2 is 1.67 bits per heavy atom. The van der Waals surface area contributed by atoms with Crippen LogP contribution in [0.3, 0.4) is 0 Å². The zero-order valence-corrected chi connectivity index (χ0v) is 8.80. The summed E-state index contributed by atoms with van der Waals surface area (Å²) in [6, 6.07) is 0. The molecule has 1 heteroatoms. The van der Waals surface area contributed by atoms with E-state index in [4.69, 9.17) is 0 Å². The van der Waals surface area contributed by atoms with E-state index in [9.17, 15) is 0 Å². The van der Waals surface area contributed by atoms with Gasteiger partial charge in [-0.3, -0.25) is 4.90 Å². The van der Waals surface area contributed by atoms with Crippen LogP contribution in [-0.4, -0.2) is 23.5 Å². The number of rotatable bonds is 1. The van der Waals surface area contributed by atoms with Crippen LogP contribution < -0.4 is 0 Å². The highest BCUT2D eigenvalue weighted by molar-refractivity contribution is 5.06. The molecule has 12 heavy (non-hydrogen) atoms. The zero-order valence-electron chi connectivity index (χ0n) is 8.80. The van der Waals surface area contributed by atoms with Gasteiger partial charge in [-0.15, -0.1) is 0 Å². The average Bonchev–Trinajstić information content (AvgIpc) is 2.39. The summed E-state index contributed by atoms with van der Waals surface area (Å²) < 4.78 is 0. The lowest BCUT2D eigenvalue weighted by molar-refractivity contribution is 0.146. The van der Waals surface area contributed by atoms with Crippen molar-refractivity contribution in [3.05, 3.63) is 0 Å². The lowest BCUT2D eigenvalue weighted by Gasteiger charge is -2.33. The molecule has 0 bridgehead atoms. The quantitative estimate of drug-likeness (QED) is 0.579. The second-order valence-corrected chi connectivity index (χ2v) is 5.48. The van der Waals surface area contributed by atoms with E-state index < -0.39 is 0 Å². The molecule has 0 N–H and O–H groups in total. The number of hydrogen-bond acceptors (Lipinski definition) is 1. The van der Waals surface area contributed by atoms with Gasteiger partial charge in [0.25, 0.3) is 0 Å². The summed E-state index contributed by atoms with van der Waals surface area (Å²) in [6.45, 7) is 12.1. The van der Waals surface area contributed by atoms with Crippen LogP contribution in [0.15, 0.2) is 0 Å². The summed E-state index contributed by atoms with van der Waals surface area (Å²) in [6.07, 6.45) is 1.41. The minimum absolute atomic E-state index is 0.408. The number of hydrogen-bond donors (Lipinski definition) is 0. The molecule has 1 aliphatic heterocycles. The molecule has 0 radical (unpaired) electrons. The van der Waals surface area contributed by atoms with Gasteiger partial charge in [0.2, 0.25) is 0 Å². The van der Waals surface area contributed by atoms with Crippen molar-refractivity contribution < 1.29 is 0 Å². The molecule has 1 saturated heterocycles. The molecular formula is C11H21N. The highest BCUT2D eigenvalue weighted by Crippen LogP contribution is 2.54. The van der Waals surface area contributed by atoms with Gasteiger partial charge in [0.15, 0.2) is 0 Å². The maximum Gasteiger partial charge on any atom is 0.0125 e. The first-order valence-electron chi connectivity index (χ1n) is 5.29. The molecule has 0 spiro atoms. The SMILES string of the molecule is CCC1C2CN(C(C)(C)C)CC12. The van der Waals surface area contributed by atoms with Gasteiger partial charge < -0.3 is 0 Å². The molecule has 2 aliphatic rings. The monoisotopic (exact) mass is 167 g/mol. The Morgan fingerprint density at radius 3 is 2.00 bits per heavy atom. The fraction of sp³-hybridized carbons (Fsp3) is 1.00. The van der Waals surface area contributed by atoms with Crippen molar-refractivity contribution in [2.75, 3.05) is 13.1 Å². The first kappa shape index (κ1) is 8.55. The van der Waals surface area contributed by atoms with Crippen LogP contribution in [0.5, 0.6) is 0 Å². The van der Waals surface area contributed by atoms with Gasteiger partial charge >= 0.3 is 0 Å². The second-order valence-electron chi connectivity index (χ2n) is 5.48. The third kappa shape index (κ3) is 1.19. The van der Waals surface area contributed by atoms with E-state index in [0.29, 0.717) is 5.54 Å². The van der Waals surface area contributed by atoms with Crippen LogP contribution >= 0.6 is 0 Å². The molecule has 0 amide bonds. The van der Waals surface area contributed by atoms with Crippen molar-refractivity contribution >= 4 is 0 Å². The Morgan fingerprint density at radius 1 is 1.17 bits per heavy atom. The first-order valence-corrected chi connectivity index (χ1v) is 5.29. The normalized spacial score (nSPS) is 41.5. The minimum Gasteiger partial charge on any atom is -0.298 e. The van der Waals surface area contributed by atoms with Crippen LogP contribution in [-0.2, 0) is 0 Å². The first-order chi connectivity index (χ1) is 5.54. The molecular weight excluding hydrogens is 146 g/mol. The molecule has 2 fully saturated rings. The molecule has 2 atom stereocenters. The summed E-state index contributed by atoms with van der Waals surface area (Å²) in [7, 11) is 0. The van der Waals surface area contributed by atoms with Crippen LogP contribution in [0.1, 0.15) is 34.1 Å². The Labute approximate surface area is 76.1 Å². The molecule has 1 saturated carbocycles. The van der Waals surface area contributed by atoms with Gasteiger partial charge in [-0.05, 0) is 38.5 Å². The summed E-state index contributed by atoms with van der Waals surface area (Å²) in [5.74, 6) is 3.21. The van der Waals surface area contributed by atoms with Crippen molar-refractivity contribution in [2.45, 2.75) is 39.7 Å². The maximum absolute atomic E-state index is 2.65. The standard InChI is InChI=1S/C11H21N/c1-5-8-9-6-12(7-10(8)9)11(2,3)4/h8-10H,5-7H2,1-4H3. The third-order valence-corrected chi connectivity index (χ3v) is 3.79. The van der Waals surface area contributed by atoms with Gasteiger partial charge in [-0.2, -0.15) is 0 Å². The van der Waals surface area contributed by atoms with Gasteiger partial charge in [-0.1, -0.05) is 13.3 Å². The summed E-state index contributed by atoms with van der Waals surface area (Å²) in [5, 5.41) is 0. The summed E-state index contributed by atoms with van der Waals surface area (Å²) in [5.41, 5.74) is 0.408. The number of likely N-dealkylation sites (tertiary alicyclic amines) is 1. The van der Waals surface area contributed by atoms with Crippen LogP contribution in [0.4, 0.5) is 0 Å². The predicted molar refractivity (Wildman–Crippen MR) is 52.1 cm³/mol. The maximum atomic E-state index is 2.65. The molecule has 1 aliphatic carbocycles.